The molecule has 3 atom stereocenters. The molecule has 0 saturated heterocycles. The van der Waals surface area contributed by atoms with E-state index in [0.29, 0.717) is 28.1 Å². The molecule has 0 bridgehead atoms. The Hall–Kier alpha value is -3.31. The van der Waals surface area contributed by atoms with E-state index >= 15 is 0 Å². The molecule has 3 N–H and O–H groups in total. The van der Waals surface area contributed by atoms with E-state index in [1.165, 1.54) is 6.42 Å². The highest BCUT2D eigenvalue weighted by Crippen LogP contribution is 2.43. The Bertz CT molecular complexity index is 1390. The number of aromatic nitrogens is 6. The summed E-state index contributed by atoms with van der Waals surface area (Å²) in [6.45, 7) is 3.32. The zero-order valence-corrected chi connectivity index (χ0v) is 20.9. The van der Waals surface area contributed by atoms with Crippen molar-refractivity contribution in [2.45, 2.75) is 57.3 Å². The third-order valence-corrected chi connectivity index (χ3v) is 7.26. The van der Waals surface area contributed by atoms with Gasteiger partial charge in [0, 0.05) is 36.0 Å². The quantitative estimate of drug-likeness (QED) is 0.315. The van der Waals surface area contributed by atoms with Crippen LogP contribution >= 0.6 is 0 Å². The largest absolute Gasteiger partial charge is 0.433 e. The number of aliphatic hydroxyl groups is 1. The lowest BCUT2D eigenvalue weighted by Gasteiger charge is -2.33. The second kappa shape index (κ2) is 9.86. The number of hydrogen-bond donors (Lipinski definition) is 3. The monoisotopic (exact) mass is 513 g/mol. The van der Waals surface area contributed by atoms with Gasteiger partial charge < -0.3 is 15.0 Å². The minimum Gasteiger partial charge on any atom is -0.395 e. The van der Waals surface area contributed by atoms with Crippen molar-refractivity contribution >= 4 is 10.9 Å². The van der Waals surface area contributed by atoms with Gasteiger partial charge in [0.15, 0.2) is 0 Å². The Morgan fingerprint density at radius 3 is 2.62 bits per heavy atom. The van der Waals surface area contributed by atoms with Crippen LogP contribution in [-0.4, -0.2) is 47.7 Å². The van der Waals surface area contributed by atoms with Crippen molar-refractivity contribution < 1.29 is 18.3 Å². The normalized spacial score (nSPS) is 17.1. The van der Waals surface area contributed by atoms with Crippen molar-refractivity contribution in [1.29, 1.82) is 0 Å². The smallest absolute Gasteiger partial charge is 0.395 e. The van der Waals surface area contributed by atoms with Crippen LogP contribution in [0, 0.1) is 5.92 Å². The zero-order valence-electron chi connectivity index (χ0n) is 20.9. The summed E-state index contributed by atoms with van der Waals surface area (Å²) in [6, 6.07) is 7.99. The van der Waals surface area contributed by atoms with Gasteiger partial charge in [0.05, 0.1) is 17.8 Å². The molecule has 1 fully saturated rings. The summed E-state index contributed by atoms with van der Waals surface area (Å²) in [5, 5.41) is 28.7. The van der Waals surface area contributed by atoms with Crippen LogP contribution in [0.1, 0.15) is 67.8 Å². The zero-order chi connectivity index (χ0) is 26.3. The minimum atomic E-state index is -4.62. The van der Waals surface area contributed by atoms with Crippen LogP contribution in [0.2, 0.25) is 0 Å². The second-order valence-electron chi connectivity index (χ2n) is 9.95. The SMILES string of the molecule is C[C@H](CO)N[C@@H](C)c1nc(C(F)(F)F)cc2c(-c3cccc([C@H](c4nncn4C)C4CCC4)c3)n[nH]c12. The number of H-pyrrole nitrogens is 1. The van der Waals surface area contributed by atoms with Crippen molar-refractivity contribution in [2.75, 3.05) is 6.61 Å². The van der Waals surface area contributed by atoms with E-state index in [4.69, 9.17) is 0 Å². The average Bonchev–Trinajstić information content (AvgIpc) is 3.46. The molecule has 0 unspecified atom stereocenters. The molecule has 5 rings (SSSR count). The summed E-state index contributed by atoms with van der Waals surface area (Å²) in [7, 11) is 1.92. The van der Waals surface area contributed by atoms with E-state index < -0.39 is 17.9 Å². The Balaban J connectivity index is 1.62. The highest BCUT2D eigenvalue weighted by atomic mass is 19.4. The van der Waals surface area contributed by atoms with Crippen molar-refractivity contribution in [2.24, 2.45) is 13.0 Å². The molecule has 0 spiro atoms. The number of fused-ring (bicyclic) bond motifs is 1. The maximum absolute atomic E-state index is 13.9. The van der Waals surface area contributed by atoms with Crippen LogP contribution in [-0.2, 0) is 13.2 Å². The first-order valence-corrected chi connectivity index (χ1v) is 12.4. The van der Waals surface area contributed by atoms with Gasteiger partial charge in [-0.05, 0) is 50.3 Å². The molecule has 0 aliphatic heterocycles. The van der Waals surface area contributed by atoms with Crippen LogP contribution in [0.3, 0.4) is 0 Å². The minimum absolute atomic E-state index is 0.0403. The van der Waals surface area contributed by atoms with E-state index in [0.717, 1.165) is 30.3 Å². The molecule has 4 aromatic rings. The molecule has 1 aliphatic carbocycles. The Morgan fingerprint density at radius 1 is 1.22 bits per heavy atom. The molecule has 3 aromatic heterocycles. The molecule has 3 heterocycles. The molecule has 1 saturated carbocycles. The molecule has 196 valence electrons. The molecule has 1 aromatic carbocycles. The molecular weight excluding hydrogens is 483 g/mol. The standard InChI is InChI=1S/C26H30F3N7O/c1-14(12-37)31-15(2)22-24-19(11-20(32-22)26(27,28)29)23(33-34-24)18-9-5-8-17(10-18)21(16-6-4-7-16)25-35-30-13-36(25)3/h5,8-11,13-16,21,31,37H,4,6-7,12H2,1-3H3,(H,33,34)/t14-,15+,21-/m1/s1. The summed E-state index contributed by atoms with van der Waals surface area (Å²) in [4.78, 5) is 3.94. The summed E-state index contributed by atoms with van der Waals surface area (Å²) in [5.74, 6) is 1.35. The predicted octanol–water partition coefficient (Wildman–Crippen LogP) is 4.74. The van der Waals surface area contributed by atoms with Gasteiger partial charge >= 0.3 is 6.18 Å². The van der Waals surface area contributed by atoms with E-state index in [1.807, 2.05) is 35.9 Å². The fourth-order valence-corrected chi connectivity index (χ4v) is 5.14. The first-order valence-electron chi connectivity index (χ1n) is 12.4. The summed E-state index contributed by atoms with van der Waals surface area (Å²) >= 11 is 0. The highest BCUT2D eigenvalue weighted by Gasteiger charge is 2.36. The number of alkyl halides is 3. The number of nitrogens with zero attached hydrogens (tertiary/aromatic N) is 5. The fourth-order valence-electron chi connectivity index (χ4n) is 5.14. The molecular formula is C26H30F3N7O. The summed E-state index contributed by atoms with van der Waals surface area (Å²) in [6.07, 6.45) is 0.413. The number of aromatic amines is 1. The summed E-state index contributed by atoms with van der Waals surface area (Å²) < 4.78 is 43.5. The molecule has 8 nitrogen and oxygen atoms in total. The molecule has 0 amide bonds. The van der Waals surface area contributed by atoms with E-state index in [2.05, 4.69) is 30.7 Å². The maximum Gasteiger partial charge on any atom is 0.433 e. The first kappa shape index (κ1) is 25.3. The number of rotatable bonds is 8. The van der Waals surface area contributed by atoms with Crippen LogP contribution in [0.4, 0.5) is 13.2 Å². The Labute approximate surface area is 212 Å². The van der Waals surface area contributed by atoms with E-state index in [-0.39, 0.29) is 24.3 Å². The molecule has 0 radical (unpaired) electrons. The Morgan fingerprint density at radius 2 is 2.00 bits per heavy atom. The van der Waals surface area contributed by atoms with Crippen LogP contribution < -0.4 is 5.32 Å². The fraction of sp³-hybridized carbons (Fsp3) is 0.462. The van der Waals surface area contributed by atoms with Crippen molar-refractivity contribution in [3.63, 3.8) is 0 Å². The topological polar surface area (TPSA) is 105 Å². The lowest BCUT2D eigenvalue weighted by molar-refractivity contribution is -0.141. The third-order valence-electron chi connectivity index (χ3n) is 7.26. The van der Waals surface area contributed by atoms with Crippen molar-refractivity contribution in [3.05, 3.63) is 59.4 Å². The highest BCUT2D eigenvalue weighted by molar-refractivity contribution is 5.94. The first-order chi connectivity index (χ1) is 17.7. The number of halogens is 3. The van der Waals surface area contributed by atoms with Gasteiger partial charge in [-0.2, -0.15) is 18.3 Å². The number of hydrogen-bond acceptors (Lipinski definition) is 6. The molecule has 1 aliphatic rings. The van der Waals surface area contributed by atoms with Gasteiger partial charge in [-0.3, -0.25) is 5.10 Å². The maximum atomic E-state index is 13.9. The predicted molar refractivity (Wildman–Crippen MR) is 133 cm³/mol. The van der Waals surface area contributed by atoms with Gasteiger partial charge in [-0.25, -0.2) is 4.98 Å². The Kier molecular flexibility index (Phi) is 6.76. The average molecular weight is 514 g/mol. The van der Waals surface area contributed by atoms with Crippen molar-refractivity contribution in [1.82, 2.24) is 35.3 Å². The lowest BCUT2D eigenvalue weighted by Crippen LogP contribution is -2.32. The van der Waals surface area contributed by atoms with E-state index in [1.54, 1.807) is 20.2 Å². The molecule has 11 heteroatoms. The summed E-state index contributed by atoms with van der Waals surface area (Å²) in [5.41, 5.74) is 1.83. The number of aliphatic hydroxyl groups excluding tert-OH is 1. The van der Waals surface area contributed by atoms with Gasteiger partial charge in [-0.15, -0.1) is 10.2 Å². The van der Waals surface area contributed by atoms with Gasteiger partial charge in [0.1, 0.15) is 23.5 Å². The van der Waals surface area contributed by atoms with Crippen molar-refractivity contribution in [3.8, 4) is 11.3 Å². The van der Waals surface area contributed by atoms with Crippen LogP contribution in [0.25, 0.3) is 22.2 Å². The molecule has 37 heavy (non-hydrogen) atoms. The number of pyridine rings is 1. The van der Waals surface area contributed by atoms with Gasteiger partial charge in [0.25, 0.3) is 0 Å². The third kappa shape index (κ3) is 4.85. The van der Waals surface area contributed by atoms with Crippen LogP contribution in [0.5, 0.6) is 0 Å². The van der Waals surface area contributed by atoms with E-state index in [9.17, 15) is 18.3 Å². The van der Waals surface area contributed by atoms with Gasteiger partial charge in [-0.1, -0.05) is 24.6 Å². The number of nitrogens with one attached hydrogen (secondary N) is 2. The lowest BCUT2D eigenvalue weighted by atomic mass is 9.72. The number of benzene rings is 1. The van der Waals surface area contributed by atoms with Gasteiger partial charge in [0.2, 0.25) is 0 Å². The number of aryl methyl sites for hydroxylation is 1. The second-order valence-corrected chi connectivity index (χ2v) is 9.95. The van der Waals surface area contributed by atoms with Crippen LogP contribution in [0.15, 0.2) is 36.7 Å².